The van der Waals surface area contributed by atoms with Gasteiger partial charge in [-0.3, -0.25) is 9.48 Å². The molecule has 160 valence electrons. The molecule has 0 saturated heterocycles. The molecule has 0 unspecified atom stereocenters. The van der Waals surface area contributed by atoms with Crippen LogP contribution in [0, 0.1) is 0 Å². The number of fused-ring (bicyclic) bond motifs is 1. The highest BCUT2D eigenvalue weighted by atomic mass is 16.5. The summed E-state index contributed by atoms with van der Waals surface area (Å²) in [6.45, 7) is 0.620. The zero-order valence-corrected chi connectivity index (χ0v) is 17.8. The lowest BCUT2D eigenvalue weighted by molar-refractivity contribution is 0.0922. The van der Waals surface area contributed by atoms with Crippen LogP contribution in [0.25, 0.3) is 11.3 Å². The molecule has 0 bridgehead atoms. The predicted octanol–water partition coefficient (Wildman–Crippen LogP) is 3.47. The van der Waals surface area contributed by atoms with Crippen LogP contribution in [0.1, 0.15) is 59.4 Å². The molecule has 1 N–H and O–H groups in total. The van der Waals surface area contributed by atoms with Crippen molar-refractivity contribution in [3.8, 4) is 17.0 Å². The zero-order valence-electron chi connectivity index (χ0n) is 17.8. The first-order chi connectivity index (χ1) is 15.2. The van der Waals surface area contributed by atoms with Crippen molar-refractivity contribution < 1.29 is 9.53 Å². The van der Waals surface area contributed by atoms with E-state index in [1.807, 2.05) is 19.3 Å². The predicted molar refractivity (Wildman–Crippen MR) is 117 cm³/mol. The van der Waals surface area contributed by atoms with E-state index in [0.29, 0.717) is 18.7 Å². The molecule has 0 spiro atoms. The molecule has 0 radical (unpaired) electrons. The van der Waals surface area contributed by atoms with Gasteiger partial charge < -0.3 is 10.1 Å². The highest BCUT2D eigenvalue weighted by Crippen LogP contribution is 2.31. The number of rotatable bonds is 5. The maximum absolute atomic E-state index is 12.9. The molecule has 3 aromatic rings. The second kappa shape index (κ2) is 8.49. The fourth-order valence-electron chi connectivity index (χ4n) is 4.49. The van der Waals surface area contributed by atoms with E-state index < -0.39 is 0 Å². The molecule has 1 amide bonds. The van der Waals surface area contributed by atoms with Gasteiger partial charge in [0.25, 0.3) is 5.91 Å². The number of hydrogen-bond acceptors (Lipinski definition) is 5. The Morgan fingerprint density at radius 3 is 2.74 bits per heavy atom. The summed E-state index contributed by atoms with van der Waals surface area (Å²) in [4.78, 5) is 17.5. The quantitative estimate of drug-likeness (QED) is 0.687. The average Bonchev–Trinajstić information content (AvgIpc) is 3.44. The molecule has 7 nitrogen and oxygen atoms in total. The van der Waals surface area contributed by atoms with Crippen LogP contribution in [0.2, 0.25) is 0 Å². The molecule has 1 aliphatic carbocycles. The fraction of sp³-hybridized carbons (Fsp3) is 0.417. The number of nitrogens with one attached hydrogen (secondary N) is 1. The molecular formula is C24H27N5O2. The number of pyridine rings is 1. The van der Waals surface area contributed by atoms with E-state index in [1.54, 1.807) is 4.68 Å². The van der Waals surface area contributed by atoms with Gasteiger partial charge in [-0.25, -0.2) is 4.98 Å². The standard InChI is InChI=1S/C24H27N5O2/c1-29-15-22(27-28-29)17-9-7-16(8-10-17)13-18-14-21(26-20-11-12-31-23(18)20)24(30)25-19-5-3-2-4-6-19/h7-10,14-15,19H,2-6,11-13H2,1H3,(H,25,30). The number of carbonyl (C=O) groups excluding carboxylic acids is 1. The maximum Gasteiger partial charge on any atom is 0.270 e. The SMILES string of the molecule is Cn1cc(-c2ccc(Cc3cc(C(=O)NC4CCCCC4)nc4c3OCC4)cc2)nn1. The zero-order chi connectivity index (χ0) is 21.2. The molecule has 1 fully saturated rings. The second-order valence-electron chi connectivity index (χ2n) is 8.50. The van der Waals surface area contributed by atoms with E-state index in [0.717, 1.165) is 53.1 Å². The van der Waals surface area contributed by atoms with Crippen LogP contribution in [-0.2, 0) is 19.9 Å². The first kappa shape index (κ1) is 19.7. The Bertz CT molecular complexity index is 1080. The number of benzene rings is 1. The summed E-state index contributed by atoms with van der Waals surface area (Å²) in [6, 6.07) is 10.5. The Balaban J connectivity index is 1.36. The summed E-state index contributed by atoms with van der Waals surface area (Å²) in [5, 5.41) is 11.3. The molecule has 2 aliphatic rings. The van der Waals surface area contributed by atoms with Gasteiger partial charge in [0, 0.05) is 37.1 Å². The van der Waals surface area contributed by atoms with Crippen LogP contribution < -0.4 is 10.1 Å². The number of ether oxygens (including phenoxy) is 1. The summed E-state index contributed by atoms with van der Waals surface area (Å²) >= 11 is 0. The molecule has 1 aromatic carbocycles. The lowest BCUT2D eigenvalue weighted by Crippen LogP contribution is -2.36. The summed E-state index contributed by atoms with van der Waals surface area (Å²) in [5.74, 6) is 0.771. The van der Waals surface area contributed by atoms with Gasteiger partial charge in [-0.15, -0.1) is 5.10 Å². The highest BCUT2D eigenvalue weighted by Gasteiger charge is 2.24. The highest BCUT2D eigenvalue weighted by molar-refractivity contribution is 5.93. The number of aryl methyl sites for hydroxylation is 1. The van der Waals surface area contributed by atoms with E-state index >= 15 is 0 Å². The molecule has 7 heteroatoms. The molecule has 5 rings (SSSR count). The molecule has 1 saturated carbocycles. The van der Waals surface area contributed by atoms with Crippen LogP contribution in [-0.4, -0.2) is 38.5 Å². The molecule has 3 heterocycles. The van der Waals surface area contributed by atoms with Gasteiger partial charge in [-0.05, 0) is 24.5 Å². The van der Waals surface area contributed by atoms with E-state index in [2.05, 4.69) is 44.9 Å². The molecule has 0 atom stereocenters. The summed E-state index contributed by atoms with van der Waals surface area (Å²) in [5.41, 5.74) is 5.44. The average molecular weight is 418 g/mol. The van der Waals surface area contributed by atoms with Gasteiger partial charge in [0.05, 0.1) is 18.5 Å². The molecule has 1 aliphatic heterocycles. The van der Waals surface area contributed by atoms with Crippen LogP contribution >= 0.6 is 0 Å². The minimum absolute atomic E-state index is 0.0687. The Kier molecular flexibility index (Phi) is 5.40. The summed E-state index contributed by atoms with van der Waals surface area (Å²) in [7, 11) is 1.86. The van der Waals surface area contributed by atoms with Crippen molar-refractivity contribution in [3.63, 3.8) is 0 Å². The van der Waals surface area contributed by atoms with Crippen molar-refractivity contribution in [3.05, 3.63) is 59.0 Å². The van der Waals surface area contributed by atoms with Crippen LogP contribution in [0.4, 0.5) is 0 Å². The third-order valence-corrected chi connectivity index (χ3v) is 6.13. The van der Waals surface area contributed by atoms with Crippen molar-refractivity contribution in [2.45, 2.75) is 51.0 Å². The molecule has 31 heavy (non-hydrogen) atoms. The maximum atomic E-state index is 12.9. The topological polar surface area (TPSA) is 81.9 Å². The number of hydrogen-bond donors (Lipinski definition) is 1. The third kappa shape index (κ3) is 4.31. The third-order valence-electron chi connectivity index (χ3n) is 6.13. The van der Waals surface area contributed by atoms with E-state index in [1.165, 1.54) is 19.3 Å². The minimum Gasteiger partial charge on any atom is -0.491 e. The van der Waals surface area contributed by atoms with Gasteiger partial charge in [0.1, 0.15) is 17.1 Å². The van der Waals surface area contributed by atoms with E-state index in [-0.39, 0.29) is 11.9 Å². The van der Waals surface area contributed by atoms with Crippen molar-refractivity contribution in [2.24, 2.45) is 7.05 Å². The normalized spacial score (nSPS) is 16.0. The van der Waals surface area contributed by atoms with Crippen LogP contribution in [0.3, 0.4) is 0 Å². The lowest BCUT2D eigenvalue weighted by Gasteiger charge is -2.22. The monoisotopic (exact) mass is 417 g/mol. The lowest BCUT2D eigenvalue weighted by atomic mass is 9.95. The summed E-state index contributed by atoms with van der Waals surface area (Å²) < 4.78 is 7.56. The number of nitrogens with zero attached hydrogens (tertiary/aromatic N) is 4. The second-order valence-corrected chi connectivity index (χ2v) is 8.50. The van der Waals surface area contributed by atoms with Gasteiger partial charge in [-0.2, -0.15) is 0 Å². The van der Waals surface area contributed by atoms with E-state index in [9.17, 15) is 4.79 Å². The molecule has 2 aromatic heterocycles. The van der Waals surface area contributed by atoms with Crippen LogP contribution in [0.5, 0.6) is 5.75 Å². The number of amides is 1. The van der Waals surface area contributed by atoms with Gasteiger partial charge in [-0.1, -0.05) is 48.7 Å². The molecular weight excluding hydrogens is 390 g/mol. The Labute approximate surface area is 181 Å². The van der Waals surface area contributed by atoms with Gasteiger partial charge in [0.15, 0.2) is 0 Å². The Hall–Kier alpha value is -3.22. The van der Waals surface area contributed by atoms with E-state index in [4.69, 9.17) is 4.74 Å². The largest absolute Gasteiger partial charge is 0.491 e. The first-order valence-corrected chi connectivity index (χ1v) is 11.1. The Morgan fingerprint density at radius 1 is 1.19 bits per heavy atom. The van der Waals surface area contributed by atoms with Crippen LogP contribution in [0.15, 0.2) is 36.5 Å². The van der Waals surface area contributed by atoms with Gasteiger partial charge >= 0.3 is 0 Å². The van der Waals surface area contributed by atoms with Crippen molar-refractivity contribution >= 4 is 5.91 Å². The minimum atomic E-state index is -0.0687. The smallest absolute Gasteiger partial charge is 0.270 e. The number of carbonyl (C=O) groups is 1. The van der Waals surface area contributed by atoms with Crippen molar-refractivity contribution in [1.29, 1.82) is 0 Å². The first-order valence-electron chi connectivity index (χ1n) is 11.1. The van der Waals surface area contributed by atoms with Gasteiger partial charge in [0.2, 0.25) is 0 Å². The van der Waals surface area contributed by atoms with Crippen molar-refractivity contribution in [1.82, 2.24) is 25.3 Å². The van der Waals surface area contributed by atoms with Crippen molar-refractivity contribution in [2.75, 3.05) is 6.61 Å². The fourth-order valence-corrected chi connectivity index (χ4v) is 4.49. The number of aromatic nitrogens is 4. The Morgan fingerprint density at radius 2 is 2.00 bits per heavy atom. The summed E-state index contributed by atoms with van der Waals surface area (Å²) in [6.07, 6.45) is 9.10.